The van der Waals surface area contributed by atoms with E-state index in [9.17, 15) is 0 Å². The predicted octanol–water partition coefficient (Wildman–Crippen LogP) is 2.65. The largest absolute Gasteiger partial charge is 0.0613 e. The van der Waals surface area contributed by atoms with E-state index in [0.717, 1.165) is 6.42 Å². The van der Waals surface area contributed by atoms with Gasteiger partial charge in [-0.3, -0.25) is 0 Å². The first-order valence-corrected chi connectivity index (χ1v) is 4.07. The normalized spacial score (nSPS) is 9.56. The summed E-state index contributed by atoms with van der Waals surface area (Å²) in [6, 6.07) is 9.34. The minimum Gasteiger partial charge on any atom is -0.0613 e. The van der Waals surface area contributed by atoms with Crippen molar-refractivity contribution in [2.24, 2.45) is 0 Å². The van der Waals surface area contributed by atoms with Crippen molar-refractivity contribution in [1.29, 1.82) is 0 Å². The molecule has 1 rings (SSSR count). The third-order valence-electron chi connectivity index (χ3n) is 1.20. The molecule has 0 unspecified atom stereocenters. The number of rotatable bonds is 1. The number of benzene rings is 1. The first kappa shape index (κ1) is 7.06. The first-order chi connectivity index (χ1) is 4.33. The number of halogens is 1. The Morgan fingerprint density at radius 3 is 2.89 bits per heavy atom. The highest BCUT2D eigenvalue weighted by molar-refractivity contribution is 14.1. The molecule has 0 saturated heterocycles. The van der Waals surface area contributed by atoms with Gasteiger partial charge in [-0.2, -0.15) is 0 Å². The molecule has 0 nitrogen and oxygen atoms in total. The molecule has 0 N–H and O–H groups in total. The Balaban J connectivity index is 2.94. The quantitative estimate of drug-likeness (QED) is 0.652. The molecule has 47 valence electrons. The Kier molecular flexibility index (Phi) is 2.51. The Labute approximate surface area is 69.4 Å². The zero-order valence-corrected chi connectivity index (χ0v) is 7.47. The number of hydrogen-bond donors (Lipinski definition) is 0. The van der Waals surface area contributed by atoms with E-state index in [1.165, 1.54) is 9.13 Å². The minimum atomic E-state index is 1.08. The van der Waals surface area contributed by atoms with Gasteiger partial charge in [-0.05, 0) is 52.8 Å². The summed E-state index contributed by atoms with van der Waals surface area (Å²) in [6.45, 7) is 2.14. The zero-order valence-electron chi connectivity index (χ0n) is 5.32. The second kappa shape index (κ2) is 3.20. The molecule has 0 aromatic heterocycles. The van der Waals surface area contributed by atoms with Crippen LogP contribution in [-0.2, 0) is 6.42 Å². The molecule has 0 amide bonds. The SMILES string of the molecule is CCc1[c]ccc(I)c1. The molecule has 1 aromatic carbocycles. The van der Waals surface area contributed by atoms with E-state index in [0.29, 0.717) is 0 Å². The molecule has 0 bridgehead atoms. The molecule has 9 heavy (non-hydrogen) atoms. The molecule has 0 aliphatic carbocycles. The van der Waals surface area contributed by atoms with E-state index < -0.39 is 0 Å². The summed E-state index contributed by atoms with van der Waals surface area (Å²) in [7, 11) is 0. The second-order valence-corrected chi connectivity index (χ2v) is 3.13. The Morgan fingerprint density at radius 2 is 2.44 bits per heavy atom. The van der Waals surface area contributed by atoms with Crippen LogP contribution in [0, 0.1) is 9.64 Å². The van der Waals surface area contributed by atoms with E-state index >= 15 is 0 Å². The fraction of sp³-hybridized carbons (Fsp3) is 0.250. The van der Waals surface area contributed by atoms with Crippen LogP contribution in [-0.4, -0.2) is 0 Å². The fourth-order valence-corrected chi connectivity index (χ4v) is 1.24. The molecule has 0 aliphatic rings. The second-order valence-electron chi connectivity index (χ2n) is 1.89. The average molecular weight is 231 g/mol. The van der Waals surface area contributed by atoms with Crippen LogP contribution >= 0.6 is 22.6 Å². The van der Waals surface area contributed by atoms with Gasteiger partial charge in [0, 0.05) is 3.57 Å². The summed E-state index contributed by atoms with van der Waals surface area (Å²) in [6.07, 6.45) is 1.08. The molecular formula is C8H8I. The maximum atomic E-state index is 3.15. The van der Waals surface area contributed by atoms with Crippen LogP contribution in [0.3, 0.4) is 0 Å². The van der Waals surface area contributed by atoms with Gasteiger partial charge in [0.15, 0.2) is 0 Å². The summed E-state index contributed by atoms with van der Waals surface area (Å²) in [5.41, 5.74) is 1.29. The van der Waals surface area contributed by atoms with Gasteiger partial charge in [-0.15, -0.1) is 0 Å². The summed E-state index contributed by atoms with van der Waals surface area (Å²) in [5, 5.41) is 0. The number of aryl methyl sites for hydroxylation is 1. The van der Waals surface area contributed by atoms with Gasteiger partial charge >= 0.3 is 0 Å². The van der Waals surface area contributed by atoms with E-state index in [1.54, 1.807) is 0 Å². The zero-order chi connectivity index (χ0) is 6.69. The summed E-state index contributed by atoms with van der Waals surface area (Å²) >= 11 is 2.31. The molecule has 1 heteroatoms. The van der Waals surface area contributed by atoms with E-state index in [1.807, 2.05) is 6.07 Å². The first-order valence-electron chi connectivity index (χ1n) is 2.99. The van der Waals surface area contributed by atoms with Crippen LogP contribution in [0.25, 0.3) is 0 Å². The Hall–Kier alpha value is -0.0500. The summed E-state index contributed by atoms with van der Waals surface area (Å²) < 4.78 is 1.29. The van der Waals surface area contributed by atoms with Crippen LogP contribution in [0.15, 0.2) is 18.2 Å². The Morgan fingerprint density at radius 1 is 1.67 bits per heavy atom. The lowest BCUT2D eigenvalue weighted by atomic mass is 10.2. The van der Waals surface area contributed by atoms with Crippen molar-refractivity contribution in [3.8, 4) is 0 Å². The molecule has 0 heterocycles. The monoisotopic (exact) mass is 231 g/mol. The predicted molar refractivity (Wildman–Crippen MR) is 47.4 cm³/mol. The van der Waals surface area contributed by atoms with Crippen molar-refractivity contribution < 1.29 is 0 Å². The molecule has 0 saturated carbocycles. The Bertz CT molecular complexity index is 194. The third kappa shape index (κ3) is 1.97. The number of hydrogen-bond acceptors (Lipinski definition) is 0. The maximum absolute atomic E-state index is 3.15. The molecule has 0 fully saturated rings. The summed E-state index contributed by atoms with van der Waals surface area (Å²) in [5.74, 6) is 0. The molecular weight excluding hydrogens is 223 g/mol. The van der Waals surface area contributed by atoms with Crippen molar-refractivity contribution >= 4 is 22.6 Å². The third-order valence-corrected chi connectivity index (χ3v) is 1.88. The van der Waals surface area contributed by atoms with Crippen LogP contribution in [0.2, 0.25) is 0 Å². The topological polar surface area (TPSA) is 0 Å². The fourth-order valence-electron chi connectivity index (χ4n) is 0.689. The van der Waals surface area contributed by atoms with Crippen LogP contribution in [0.4, 0.5) is 0 Å². The van der Waals surface area contributed by atoms with E-state index in [-0.39, 0.29) is 0 Å². The molecule has 1 radical (unpaired) electrons. The van der Waals surface area contributed by atoms with E-state index in [4.69, 9.17) is 0 Å². The molecule has 0 atom stereocenters. The van der Waals surface area contributed by atoms with Gasteiger partial charge in [-0.25, -0.2) is 0 Å². The van der Waals surface area contributed by atoms with Crippen LogP contribution in [0.5, 0.6) is 0 Å². The highest BCUT2D eigenvalue weighted by Crippen LogP contribution is 2.06. The van der Waals surface area contributed by atoms with Gasteiger partial charge in [0.2, 0.25) is 0 Å². The van der Waals surface area contributed by atoms with Crippen molar-refractivity contribution in [2.45, 2.75) is 13.3 Å². The lowest BCUT2D eigenvalue weighted by Gasteiger charge is -1.93. The highest BCUT2D eigenvalue weighted by Gasteiger charge is 1.87. The lowest BCUT2D eigenvalue weighted by molar-refractivity contribution is 1.13. The van der Waals surface area contributed by atoms with Crippen molar-refractivity contribution in [1.82, 2.24) is 0 Å². The average Bonchev–Trinajstić information content (AvgIpc) is 1.88. The smallest absolute Gasteiger partial charge is 0.0133 e. The highest BCUT2D eigenvalue weighted by atomic mass is 127. The van der Waals surface area contributed by atoms with Gasteiger partial charge in [0.05, 0.1) is 0 Å². The van der Waals surface area contributed by atoms with Crippen molar-refractivity contribution in [3.05, 3.63) is 33.4 Å². The van der Waals surface area contributed by atoms with Gasteiger partial charge in [0.25, 0.3) is 0 Å². The standard InChI is InChI=1S/C8H8I/c1-2-7-4-3-5-8(9)6-7/h3,5-6H,2H2,1H3. The van der Waals surface area contributed by atoms with Crippen molar-refractivity contribution in [3.63, 3.8) is 0 Å². The van der Waals surface area contributed by atoms with Crippen LogP contribution in [0.1, 0.15) is 12.5 Å². The molecule has 0 aliphatic heterocycles. The minimum absolute atomic E-state index is 1.08. The summed E-state index contributed by atoms with van der Waals surface area (Å²) in [4.78, 5) is 0. The van der Waals surface area contributed by atoms with Crippen molar-refractivity contribution in [2.75, 3.05) is 0 Å². The van der Waals surface area contributed by atoms with Gasteiger partial charge < -0.3 is 0 Å². The van der Waals surface area contributed by atoms with E-state index in [2.05, 4.69) is 47.7 Å². The molecule has 0 spiro atoms. The van der Waals surface area contributed by atoms with Gasteiger partial charge in [0.1, 0.15) is 0 Å². The maximum Gasteiger partial charge on any atom is 0.0133 e. The van der Waals surface area contributed by atoms with Crippen LogP contribution < -0.4 is 0 Å². The molecule has 1 aromatic rings. The van der Waals surface area contributed by atoms with Gasteiger partial charge in [-0.1, -0.05) is 13.0 Å². The lowest BCUT2D eigenvalue weighted by Crippen LogP contribution is -1.79.